The van der Waals surface area contributed by atoms with Crippen molar-refractivity contribution in [3.63, 3.8) is 0 Å². The number of nitrogens with zero attached hydrogens (tertiary/aromatic N) is 2. The lowest BCUT2D eigenvalue weighted by atomic mass is 10.1. The van der Waals surface area contributed by atoms with E-state index in [0.717, 1.165) is 17.2 Å². The summed E-state index contributed by atoms with van der Waals surface area (Å²) in [6.45, 7) is 0.213. The number of halogens is 1. The van der Waals surface area contributed by atoms with Crippen LogP contribution < -0.4 is 15.5 Å². The van der Waals surface area contributed by atoms with Gasteiger partial charge in [-0.25, -0.2) is 0 Å². The molecule has 1 heterocycles. The van der Waals surface area contributed by atoms with Crippen LogP contribution in [0.15, 0.2) is 60.6 Å². The zero-order chi connectivity index (χ0) is 15.7. The minimum absolute atomic E-state index is 0.00745. The Labute approximate surface area is 134 Å². The van der Waals surface area contributed by atoms with E-state index >= 15 is 0 Å². The Kier molecular flexibility index (Phi) is 3.77. The van der Waals surface area contributed by atoms with Crippen LogP contribution in [0.1, 0.15) is 10.4 Å². The van der Waals surface area contributed by atoms with Crippen LogP contribution in [0.2, 0.25) is 5.02 Å². The van der Waals surface area contributed by atoms with Gasteiger partial charge in [0.2, 0.25) is 0 Å². The van der Waals surface area contributed by atoms with Crippen LogP contribution in [0, 0.1) is 0 Å². The minimum atomic E-state index is -0.00745. The summed E-state index contributed by atoms with van der Waals surface area (Å²) in [5.74, 6) is 0.781. The number of carbonyl (C=O) groups excluding carboxylic acids is 1. The molecule has 22 heavy (non-hydrogen) atoms. The normalized spacial score (nSPS) is 15.3. The lowest BCUT2D eigenvalue weighted by Crippen LogP contribution is -2.31. The first-order chi connectivity index (χ1) is 10.6. The maximum absolute atomic E-state index is 12.5. The van der Waals surface area contributed by atoms with Gasteiger partial charge < -0.3 is 15.5 Å². The Balaban J connectivity index is 1.93. The van der Waals surface area contributed by atoms with Crippen LogP contribution in [0.25, 0.3) is 0 Å². The number of rotatable bonds is 3. The van der Waals surface area contributed by atoms with Gasteiger partial charge in [-0.15, -0.1) is 0 Å². The van der Waals surface area contributed by atoms with Crippen LogP contribution in [-0.4, -0.2) is 19.4 Å². The molecule has 0 amide bonds. The fraction of sp³-hybridized carbons (Fsp3) is 0.118. The number of fused-ring (bicyclic) bond motifs is 1. The van der Waals surface area contributed by atoms with E-state index < -0.39 is 0 Å². The molecule has 0 radical (unpaired) electrons. The third-order valence-electron chi connectivity index (χ3n) is 3.75. The maximum atomic E-state index is 12.5. The Hall–Kier alpha value is -2.46. The summed E-state index contributed by atoms with van der Waals surface area (Å²) in [6.07, 6.45) is 1.52. The largest absolute Gasteiger partial charge is 0.402 e. The first-order valence-corrected chi connectivity index (χ1v) is 7.30. The second kappa shape index (κ2) is 5.73. The lowest BCUT2D eigenvalue weighted by Gasteiger charge is -2.21. The van der Waals surface area contributed by atoms with Gasteiger partial charge in [-0.3, -0.25) is 4.79 Å². The van der Waals surface area contributed by atoms with Crippen LogP contribution >= 0.6 is 11.6 Å². The molecule has 4 nitrogen and oxygen atoms in total. The number of ketones is 1. The summed E-state index contributed by atoms with van der Waals surface area (Å²) in [6, 6.07) is 14.9. The molecule has 0 atom stereocenters. The van der Waals surface area contributed by atoms with E-state index in [4.69, 9.17) is 17.3 Å². The number of Topliss-reactive ketones (excluding diaryl/α,β-unsaturated/α-hetero) is 1. The van der Waals surface area contributed by atoms with Gasteiger partial charge in [0.25, 0.3) is 0 Å². The van der Waals surface area contributed by atoms with Crippen molar-refractivity contribution < 1.29 is 4.79 Å². The predicted molar refractivity (Wildman–Crippen MR) is 90.2 cm³/mol. The Bertz CT molecular complexity index is 757. The van der Waals surface area contributed by atoms with E-state index in [1.807, 2.05) is 41.1 Å². The molecule has 0 saturated heterocycles. The van der Waals surface area contributed by atoms with E-state index in [9.17, 15) is 4.79 Å². The number of anilines is 2. The van der Waals surface area contributed by atoms with Gasteiger partial charge >= 0.3 is 0 Å². The third kappa shape index (κ3) is 2.42. The van der Waals surface area contributed by atoms with Crippen molar-refractivity contribution >= 4 is 28.8 Å². The SMILES string of the molecule is CN1/C(=C/N)N(CC(=O)c2cccc(Cl)c2)c2ccccc21. The van der Waals surface area contributed by atoms with Crippen molar-refractivity contribution in [2.45, 2.75) is 0 Å². The van der Waals surface area contributed by atoms with E-state index in [0.29, 0.717) is 10.6 Å². The van der Waals surface area contributed by atoms with Crippen molar-refractivity contribution in [2.75, 3.05) is 23.4 Å². The van der Waals surface area contributed by atoms with Gasteiger partial charge in [0.05, 0.1) is 17.9 Å². The molecular formula is C17H16ClN3O. The highest BCUT2D eigenvalue weighted by molar-refractivity contribution is 6.31. The summed E-state index contributed by atoms with van der Waals surface area (Å²) < 4.78 is 0. The standard InChI is InChI=1S/C17H16ClN3O/c1-20-14-7-2-3-8-15(14)21(17(20)10-19)11-16(22)12-5-4-6-13(18)9-12/h2-10H,11,19H2,1H3/b17-10-. The topological polar surface area (TPSA) is 49.6 Å². The van der Waals surface area contributed by atoms with Crippen LogP contribution in [0.3, 0.4) is 0 Å². The molecular weight excluding hydrogens is 298 g/mol. The van der Waals surface area contributed by atoms with Crippen molar-refractivity contribution in [2.24, 2.45) is 5.73 Å². The second-order valence-electron chi connectivity index (χ2n) is 5.09. The number of hydrogen-bond acceptors (Lipinski definition) is 4. The van der Waals surface area contributed by atoms with Crippen LogP contribution in [0.5, 0.6) is 0 Å². The Morgan fingerprint density at radius 2 is 1.91 bits per heavy atom. The maximum Gasteiger partial charge on any atom is 0.182 e. The number of carbonyl (C=O) groups is 1. The summed E-state index contributed by atoms with van der Waals surface area (Å²) in [5, 5.41) is 0.555. The van der Waals surface area contributed by atoms with Gasteiger partial charge in [-0.05, 0) is 24.3 Å². The fourth-order valence-electron chi connectivity index (χ4n) is 2.67. The van der Waals surface area contributed by atoms with Gasteiger partial charge in [0, 0.05) is 23.8 Å². The summed E-state index contributed by atoms with van der Waals surface area (Å²) in [4.78, 5) is 16.4. The summed E-state index contributed by atoms with van der Waals surface area (Å²) >= 11 is 5.96. The van der Waals surface area contributed by atoms with Gasteiger partial charge in [-0.2, -0.15) is 0 Å². The molecule has 0 aliphatic carbocycles. The quantitative estimate of drug-likeness (QED) is 0.884. The molecule has 0 aromatic heterocycles. The molecule has 1 aliphatic heterocycles. The van der Waals surface area contributed by atoms with E-state index in [-0.39, 0.29) is 12.3 Å². The monoisotopic (exact) mass is 313 g/mol. The molecule has 0 bridgehead atoms. The Morgan fingerprint density at radius 1 is 1.18 bits per heavy atom. The highest BCUT2D eigenvalue weighted by Gasteiger charge is 2.29. The molecule has 2 aromatic rings. The zero-order valence-electron chi connectivity index (χ0n) is 12.2. The number of nitrogens with two attached hydrogens (primary N) is 1. The molecule has 3 rings (SSSR count). The summed E-state index contributed by atoms with van der Waals surface area (Å²) in [5.41, 5.74) is 8.34. The molecule has 2 N–H and O–H groups in total. The molecule has 0 unspecified atom stereocenters. The average molecular weight is 314 g/mol. The van der Waals surface area contributed by atoms with Crippen LogP contribution in [0.4, 0.5) is 11.4 Å². The summed E-state index contributed by atoms with van der Waals surface area (Å²) in [7, 11) is 1.93. The molecule has 0 spiro atoms. The second-order valence-corrected chi connectivity index (χ2v) is 5.53. The smallest absolute Gasteiger partial charge is 0.182 e. The fourth-order valence-corrected chi connectivity index (χ4v) is 2.86. The first kappa shape index (κ1) is 14.5. The predicted octanol–water partition coefficient (Wildman–Crippen LogP) is 3.24. The van der Waals surface area contributed by atoms with Crippen molar-refractivity contribution in [1.29, 1.82) is 0 Å². The highest BCUT2D eigenvalue weighted by Crippen LogP contribution is 2.39. The van der Waals surface area contributed by atoms with E-state index in [2.05, 4.69) is 0 Å². The zero-order valence-corrected chi connectivity index (χ0v) is 12.9. The molecule has 1 aliphatic rings. The molecule has 5 heteroatoms. The Morgan fingerprint density at radius 3 is 2.59 bits per heavy atom. The molecule has 2 aromatic carbocycles. The first-order valence-electron chi connectivity index (χ1n) is 6.93. The number of hydrogen-bond donors (Lipinski definition) is 1. The number of benzene rings is 2. The third-order valence-corrected chi connectivity index (χ3v) is 3.99. The van der Waals surface area contributed by atoms with Gasteiger partial charge in [-0.1, -0.05) is 35.9 Å². The molecule has 0 fully saturated rings. The van der Waals surface area contributed by atoms with Gasteiger partial charge in [0.15, 0.2) is 5.78 Å². The number of para-hydroxylation sites is 2. The van der Waals surface area contributed by atoms with Crippen molar-refractivity contribution in [3.05, 3.63) is 71.1 Å². The molecule has 112 valence electrons. The van der Waals surface area contributed by atoms with E-state index in [1.165, 1.54) is 6.20 Å². The molecule has 0 saturated carbocycles. The van der Waals surface area contributed by atoms with Crippen LogP contribution in [-0.2, 0) is 0 Å². The lowest BCUT2D eigenvalue weighted by molar-refractivity contribution is 0.100. The van der Waals surface area contributed by atoms with E-state index in [1.54, 1.807) is 24.3 Å². The minimum Gasteiger partial charge on any atom is -0.402 e. The average Bonchev–Trinajstić information content (AvgIpc) is 2.80. The highest BCUT2D eigenvalue weighted by atomic mass is 35.5. The van der Waals surface area contributed by atoms with Crippen molar-refractivity contribution in [1.82, 2.24) is 0 Å². The van der Waals surface area contributed by atoms with Gasteiger partial charge in [0.1, 0.15) is 5.82 Å². The van der Waals surface area contributed by atoms with Crippen molar-refractivity contribution in [3.8, 4) is 0 Å².